The number of hydrogen-bond donors (Lipinski definition) is 1. The minimum Gasteiger partial charge on any atom is -0.381 e. The van der Waals surface area contributed by atoms with Gasteiger partial charge < -0.3 is 5.32 Å². The molecule has 0 bridgehead atoms. The van der Waals surface area contributed by atoms with Gasteiger partial charge in [0, 0.05) is 23.9 Å². The van der Waals surface area contributed by atoms with E-state index in [0.717, 1.165) is 5.56 Å². The summed E-state index contributed by atoms with van der Waals surface area (Å²) >= 11 is 5.69. The van der Waals surface area contributed by atoms with Crippen LogP contribution in [0, 0.1) is 22.9 Å². The standard InChI is InChI=1S/C14H12ClFN2O2/c1-9-10(3-2-4-14(9)18(19)20)8-17-11-5-6-13(16)12(15)7-11/h2-7,17H,8H2,1H3. The Kier molecular flexibility index (Phi) is 4.20. The second kappa shape index (κ2) is 5.88. The van der Waals surface area contributed by atoms with Crippen molar-refractivity contribution in [1.29, 1.82) is 0 Å². The molecule has 0 heterocycles. The van der Waals surface area contributed by atoms with Gasteiger partial charge in [-0.15, -0.1) is 0 Å². The van der Waals surface area contributed by atoms with Gasteiger partial charge in [0.05, 0.1) is 9.95 Å². The lowest BCUT2D eigenvalue weighted by atomic mass is 10.1. The Morgan fingerprint density at radius 3 is 2.75 bits per heavy atom. The molecule has 0 aromatic heterocycles. The Morgan fingerprint density at radius 1 is 1.35 bits per heavy atom. The van der Waals surface area contributed by atoms with Crippen molar-refractivity contribution in [3.05, 3.63) is 68.5 Å². The van der Waals surface area contributed by atoms with Gasteiger partial charge in [-0.1, -0.05) is 23.7 Å². The van der Waals surface area contributed by atoms with Crippen molar-refractivity contribution in [1.82, 2.24) is 0 Å². The SMILES string of the molecule is Cc1c(CNc2ccc(F)c(Cl)c2)cccc1[N+](=O)[O-]. The molecule has 104 valence electrons. The van der Waals surface area contributed by atoms with E-state index in [0.29, 0.717) is 17.8 Å². The van der Waals surface area contributed by atoms with Crippen LogP contribution in [0.4, 0.5) is 15.8 Å². The van der Waals surface area contributed by atoms with Crippen molar-refractivity contribution in [3.8, 4) is 0 Å². The largest absolute Gasteiger partial charge is 0.381 e. The summed E-state index contributed by atoms with van der Waals surface area (Å²) in [6.45, 7) is 2.10. The fourth-order valence-electron chi connectivity index (χ4n) is 1.86. The molecule has 2 rings (SSSR count). The zero-order valence-corrected chi connectivity index (χ0v) is 11.4. The summed E-state index contributed by atoms with van der Waals surface area (Å²) in [5, 5.41) is 14.0. The molecular formula is C14H12ClFN2O2. The molecule has 0 atom stereocenters. The molecule has 2 aromatic carbocycles. The van der Waals surface area contributed by atoms with Gasteiger partial charge in [0.25, 0.3) is 5.69 Å². The van der Waals surface area contributed by atoms with Gasteiger partial charge in [0.2, 0.25) is 0 Å². The molecule has 0 aliphatic heterocycles. The number of nitro groups is 1. The fourth-order valence-corrected chi connectivity index (χ4v) is 2.04. The summed E-state index contributed by atoms with van der Waals surface area (Å²) in [5.74, 6) is -0.483. The molecule has 0 radical (unpaired) electrons. The third kappa shape index (κ3) is 3.05. The maximum atomic E-state index is 13.0. The van der Waals surface area contributed by atoms with Gasteiger partial charge in [0.15, 0.2) is 0 Å². The van der Waals surface area contributed by atoms with Gasteiger partial charge in [-0.3, -0.25) is 10.1 Å². The monoisotopic (exact) mass is 294 g/mol. The molecular weight excluding hydrogens is 283 g/mol. The third-order valence-electron chi connectivity index (χ3n) is 3.02. The van der Waals surface area contributed by atoms with Gasteiger partial charge in [0.1, 0.15) is 5.82 Å². The summed E-state index contributed by atoms with van der Waals surface area (Å²) in [7, 11) is 0. The van der Waals surface area contributed by atoms with Crippen molar-refractivity contribution in [2.45, 2.75) is 13.5 Å². The summed E-state index contributed by atoms with van der Waals surface area (Å²) in [6.07, 6.45) is 0. The first kappa shape index (κ1) is 14.3. The van der Waals surface area contributed by atoms with E-state index < -0.39 is 10.7 Å². The molecule has 1 N–H and O–H groups in total. The van der Waals surface area contributed by atoms with E-state index in [1.807, 2.05) is 0 Å². The van der Waals surface area contributed by atoms with Crippen LogP contribution in [0.3, 0.4) is 0 Å². The van der Waals surface area contributed by atoms with Gasteiger partial charge >= 0.3 is 0 Å². The Morgan fingerprint density at radius 2 is 2.10 bits per heavy atom. The number of anilines is 1. The molecule has 0 aliphatic rings. The van der Waals surface area contributed by atoms with Gasteiger partial charge in [-0.2, -0.15) is 0 Å². The number of hydrogen-bond acceptors (Lipinski definition) is 3. The molecule has 0 spiro atoms. The van der Waals surface area contributed by atoms with Crippen molar-refractivity contribution >= 4 is 23.0 Å². The minimum atomic E-state index is -0.483. The lowest BCUT2D eigenvalue weighted by Gasteiger charge is -2.09. The van der Waals surface area contributed by atoms with Crippen molar-refractivity contribution in [2.24, 2.45) is 0 Å². The molecule has 0 unspecified atom stereocenters. The second-order valence-electron chi connectivity index (χ2n) is 4.30. The van der Waals surface area contributed by atoms with Crippen molar-refractivity contribution < 1.29 is 9.31 Å². The summed E-state index contributed by atoms with van der Waals surface area (Å²) in [6, 6.07) is 9.22. The van der Waals surface area contributed by atoms with Crippen LogP contribution in [-0.4, -0.2) is 4.92 Å². The van der Waals surface area contributed by atoms with E-state index >= 15 is 0 Å². The number of halogens is 2. The molecule has 0 saturated carbocycles. The number of nitrogens with one attached hydrogen (secondary N) is 1. The van der Waals surface area contributed by atoms with Crippen molar-refractivity contribution in [3.63, 3.8) is 0 Å². The summed E-state index contributed by atoms with van der Waals surface area (Å²) in [5.41, 5.74) is 2.15. The lowest BCUT2D eigenvalue weighted by Crippen LogP contribution is -2.03. The van der Waals surface area contributed by atoms with Crippen LogP contribution in [0.2, 0.25) is 5.02 Å². The smallest absolute Gasteiger partial charge is 0.272 e. The predicted octanol–water partition coefficient (Wildman–Crippen LogP) is 4.31. The van der Waals surface area contributed by atoms with Crippen LogP contribution in [0.5, 0.6) is 0 Å². The van der Waals surface area contributed by atoms with Crippen LogP contribution in [-0.2, 0) is 6.54 Å². The highest BCUT2D eigenvalue weighted by Crippen LogP contribution is 2.23. The van der Waals surface area contributed by atoms with Crippen LogP contribution >= 0.6 is 11.6 Å². The van der Waals surface area contributed by atoms with Gasteiger partial charge in [-0.05, 0) is 30.7 Å². The van der Waals surface area contributed by atoms with Gasteiger partial charge in [-0.25, -0.2) is 4.39 Å². The molecule has 0 saturated heterocycles. The fraction of sp³-hybridized carbons (Fsp3) is 0.143. The van der Waals surface area contributed by atoms with Crippen molar-refractivity contribution in [2.75, 3.05) is 5.32 Å². The molecule has 0 aliphatic carbocycles. The third-order valence-corrected chi connectivity index (χ3v) is 3.31. The molecule has 6 heteroatoms. The Labute approximate surface area is 120 Å². The second-order valence-corrected chi connectivity index (χ2v) is 4.71. The van der Waals surface area contributed by atoms with Crippen LogP contribution in [0.1, 0.15) is 11.1 Å². The topological polar surface area (TPSA) is 55.2 Å². The normalized spacial score (nSPS) is 10.3. The number of nitrogens with zero attached hydrogens (tertiary/aromatic N) is 1. The minimum absolute atomic E-state index is 0.0331. The Hall–Kier alpha value is -2.14. The molecule has 4 nitrogen and oxygen atoms in total. The zero-order valence-electron chi connectivity index (χ0n) is 10.7. The average Bonchev–Trinajstić information content (AvgIpc) is 2.41. The molecule has 20 heavy (non-hydrogen) atoms. The predicted molar refractivity (Wildman–Crippen MR) is 76.6 cm³/mol. The maximum absolute atomic E-state index is 13.0. The number of rotatable bonds is 4. The van der Waals surface area contributed by atoms with E-state index in [-0.39, 0.29) is 10.7 Å². The molecule has 2 aromatic rings. The Balaban J connectivity index is 2.17. The molecule has 0 amide bonds. The quantitative estimate of drug-likeness (QED) is 0.675. The van der Waals surface area contributed by atoms with Crippen LogP contribution in [0.15, 0.2) is 36.4 Å². The zero-order chi connectivity index (χ0) is 14.7. The first-order valence-corrected chi connectivity index (χ1v) is 6.28. The first-order chi connectivity index (χ1) is 9.49. The summed E-state index contributed by atoms with van der Waals surface area (Å²) < 4.78 is 13.0. The Bertz CT molecular complexity index is 662. The highest BCUT2D eigenvalue weighted by atomic mass is 35.5. The molecule has 0 fully saturated rings. The highest BCUT2D eigenvalue weighted by Gasteiger charge is 2.12. The van der Waals surface area contributed by atoms with E-state index in [4.69, 9.17) is 11.6 Å². The number of benzene rings is 2. The van der Waals surface area contributed by atoms with E-state index in [1.165, 1.54) is 18.2 Å². The summed E-state index contributed by atoms with van der Waals surface area (Å²) in [4.78, 5) is 10.4. The average molecular weight is 295 g/mol. The first-order valence-electron chi connectivity index (χ1n) is 5.91. The van der Waals surface area contributed by atoms with E-state index in [9.17, 15) is 14.5 Å². The number of nitro benzene ring substituents is 1. The lowest BCUT2D eigenvalue weighted by molar-refractivity contribution is -0.385. The van der Waals surface area contributed by atoms with E-state index in [2.05, 4.69) is 5.32 Å². The van der Waals surface area contributed by atoms with Crippen LogP contribution < -0.4 is 5.32 Å². The highest BCUT2D eigenvalue weighted by molar-refractivity contribution is 6.31. The van der Waals surface area contributed by atoms with E-state index in [1.54, 1.807) is 25.1 Å². The van der Waals surface area contributed by atoms with Crippen LogP contribution in [0.25, 0.3) is 0 Å². The maximum Gasteiger partial charge on any atom is 0.272 e.